The van der Waals surface area contributed by atoms with Gasteiger partial charge in [0.15, 0.2) is 0 Å². The van der Waals surface area contributed by atoms with Crippen molar-refractivity contribution in [3.8, 4) is 0 Å². The van der Waals surface area contributed by atoms with E-state index in [1.807, 2.05) is 32.9 Å². The molecule has 0 atom stereocenters. The molecule has 1 aliphatic rings. The van der Waals surface area contributed by atoms with Gasteiger partial charge in [-0.15, -0.1) is 0 Å². The van der Waals surface area contributed by atoms with Crippen LogP contribution in [0.2, 0.25) is 5.15 Å². The van der Waals surface area contributed by atoms with Crippen molar-refractivity contribution in [2.45, 2.75) is 46.0 Å². The summed E-state index contributed by atoms with van der Waals surface area (Å²) in [5.74, 6) is 0.695. The summed E-state index contributed by atoms with van der Waals surface area (Å²) in [5.41, 5.74) is 8.42. The number of fused-ring (bicyclic) bond motifs is 1. The fraction of sp³-hybridized carbons (Fsp3) is 0.389. The van der Waals surface area contributed by atoms with Crippen molar-refractivity contribution in [2.24, 2.45) is 0 Å². The first-order valence-electron chi connectivity index (χ1n) is 8.32. The van der Waals surface area contributed by atoms with Gasteiger partial charge in [-0.3, -0.25) is 4.90 Å². The van der Waals surface area contributed by atoms with E-state index in [0.717, 1.165) is 16.7 Å². The van der Waals surface area contributed by atoms with Crippen LogP contribution in [0.15, 0.2) is 24.3 Å². The van der Waals surface area contributed by atoms with E-state index in [0.29, 0.717) is 30.6 Å². The van der Waals surface area contributed by atoms with Gasteiger partial charge in [-0.2, -0.15) is 4.98 Å². The highest BCUT2D eigenvalue weighted by atomic mass is 35.5. The molecule has 1 amide bonds. The number of ether oxygens (including phenoxy) is 1. The maximum absolute atomic E-state index is 12.2. The van der Waals surface area contributed by atoms with Crippen LogP contribution in [-0.2, 0) is 24.4 Å². The van der Waals surface area contributed by atoms with E-state index in [9.17, 15) is 4.79 Å². The predicted molar refractivity (Wildman–Crippen MR) is 101 cm³/mol. The molecular weight excluding hydrogens is 354 g/mol. The molecule has 0 bridgehead atoms. The molecule has 1 aliphatic heterocycles. The van der Waals surface area contributed by atoms with Gasteiger partial charge in [0.2, 0.25) is 5.95 Å². The Balaban J connectivity index is 1.64. The van der Waals surface area contributed by atoms with Crippen LogP contribution in [-0.4, -0.2) is 26.6 Å². The van der Waals surface area contributed by atoms with Gasteiger partial charge in [0.25, 0.3) is 0 Å². The number of hydrogen-bond donors (Lipinski definition) is 2. The molecule has 0 spiro atoms. The number of nitrogens with one attached hydrogen (secondary N) is 1. The van der Waals surface area contributed by atoms with Gasteiger partial charge in [0.1, 0.15) is 16.6 Å². The minimum Gasteiger partial charge on any atom is -0.444 e. The quantitative estimate of drug-likeness (QED) is 0.796. The van der Waals surface area contributed by atoms with Crippen molar-refractivity contribution in [1.82, 2.24) is 14.9 Å². The SMILES string of the molecule is CC(C)(C)OC(=O)N1Cc2ccc(CNc3cc(Cl)nc(N)n3)cc2C1. The zero-order valence-corrected chi connectivity index (χ0v) is 15.8. The fourth-order valence-corrected chi connectivity index (χ4v) is 2.92. The lowest BCUT2D eigenvalue weighted by molar-refractivity contribution is 0.0242. The van der Waals surface area contributed by atoms with Crippen molar-refractivity contribution in [2.75, 3.05) is 11.1 Å². The summed E-state index contributed by atoms with van der Waals surface area (Å²) >= 11 is 5.88. The maximum atomic E-state index is 12.2. The van der Waals surface area contributed by atoms with Crippen molar-refractivity contribution >= 4 is 29.5 Å². The molecule has 26 heavy (non-hydrogen) atoms. The minimum absolute atomic E-state index is 0.127. The lowest BCUT2D eigenvalue weighted by atomic mass is 10.1. The van der Waals surface area contributed by atoms with Crippen molar-refractivity contribution in [1.29, 1.82) is 0 Å². The van der Waals surface area contributed by atoms with E-state index in [-0.39, 0.29) is 12.0 Å². The van der Waals surface area contributed by atoms with E-state index in [1.165, 1.54) is 0 Å². The summed E-state index contributed by atoms with van der Waals surface area (Å²) in [6.07, 6.45) is -0.292. The first-order chi connectivity index (χ1) is 12.2. The number of amides is 1. The number of nitrogens with zero attached hydrogens (tertiary/aromatic N) is 3. The third-order valence-electron chi connectivity index (χ3n) is 3.83. The molecule has 0 radical (unpaired) electrons. The third-order valence-corrected chi connectivity index (χ3v) is 4.02. The van der Waals surface area contributed by atoms with Gasteiger partial charge >= 0.3 is 6.09 Å². The van der Waals surface area contributed by atoms with E-state index in [4.69, 9.17) is 22.1 Å². The summed E-state index contributed by atoms with van der Waals surface area (Å²) in [4.78, 5) is 21.9. The molecule has 8 heteroatoms. The molecule has 0 aliphatic carbocycles. The smallest absolute Gasteiger partial charge is 0.410 e. The number of anilines is 2. The Morgan fingerprint density at radius 3 is 2.69 bits per heavy atom. The largest absolute Gasteiger partial charge is 0.444 e. The fourth-order valence-electron chi connectivity index (χ4n) is 2.73. The van der Waals surface area contributed by atoms with Crippen LogP contribution in [0.3, 0.4) is 0 Å². The zero-order chi connectivity index (χ0) is 18.9. The van der Waals surface area contributed by atoms with Gasteiger partial charge in [0, 0.05) is 25.7 Å². The highest BCUT2D eigenvalue weighted by Gasteiger charge is 2.27. The number of rotatable bonds is 3. The van der Waals surface area contributed by atoms with Crippen molar-refractivity contribution in [3.05, 3.63) is 46.1 Å². The number of hydrogen-bond acceptors (Lipinski definition) is 6. The van der Waals surface area contributed by atoms with Crippen LogP contribution in [0.4, 0.5) is 16.6 Å². The molecule has 0 fully saturated rings. The normalized spacial score (nSPS) is 13.5. The maximum Gasteiger partial charge on any atom is 0.410 e. The van der Waals surface area contributed by atoms with Crippen LogP contribution in [0, 0.1) is 0 Å². The third kappa shape index (κ3) is 4.54. The second-order valence-corrected chi connectivity index (χ2v) is 7.61. The summed E-state index contributed by atoms with van der Waals surface area (Å²) in [6.45, 7) is 7.27. The van der Waals surface area contributed by atoms with Crippen LogP contribution in [0.5, 0.6) is 0 Å². The van der Waals surface area contributed by atoms with Gasteiger partial charge in [-0.1, -0.05) is 29.8 Å². The molecule has 2 aromatic rings. The van der Waals surface area contributed by atoms with Crippen molar-refractivity contribution in [3.63, 3.8) is 0 Å². The number of benzene rings is 1. The lowest BCUT2D eigenvalue weighted by Gasteiger charge is -2.24. The molecule has 1 aromatic carbocycles. The average molecular weight is 376 g/mol. The molecule has 0 saturated heterocycles. The second kappa shape index (κ2) is 6.99. The molecule has 2 heterocycles. The molecule has 1 aromatic heterocycles. The summed E-state index contributed by atoms with van der Waals surface area (Å²) < 4.78 is 5.45. The molecule has 3 N–H and O–H groups in total. The Kier molecular flexibility index (Phi) is 4.91. The number of nitrogens with two attached hydrogens (primary N) is 1. The van der Waals surface area contributed by atoms with E-state index >= 15 is 0 Å². The van der Waals surface area contributed by atoms with Gasteiger partial charge in [0.05, 0.1) is 0 Å². The Morgan fingerprint density at radius 2 is 2.00 bits per heavy atom. The van der Waals surface area contributed by atoms with E-state index < -0.39 is 5.60 Å². The van der Waals surface area contributed by atoms with Gasteiger partial charge < -0.3 is 15.8 Å². The molecule has 7 nitrogen and oxygen atoms in total. The number of halogens is 1. The molecule has 0 saturated carbocycles. The van der Waals surface area contributed by atoms with E-state index in [2.05, 4.69) is 21.4 Å². The Hall–Kier alpha value is -2.54. The van der Waals surface area contributed by atoms with Crippen molar-refractivity contribution < 1.29 is 9.53 Å². The molecule has 138 valence electrons. The standard InChI is InChI=1S/C18H22ClN5O2/c1-18(2,3)26-17(25)24-9-12-5-4-11(6-13(12)10-24)8-21-15-7-14(19)22-16(20)23-15/h4-7H,8-10H2,1-3H3,(H3,20,21,22,23). The van der Waals surface area contributed by atoms with Crippen LogP contribution in [0.1, 0.15) is 37.5 Å². The topological polar surface area (TPSA) is 93.4 Å². The monoisotopic (exact) mass is 375 g/mol. The second-order valence-electron chi connectivity index (χ2n) is 7.23. The van der Waals surface area contributed by atoms with Gasteiger partial charge in [-0.05, 0) is 37.5 Å². The summed E-state index contributed by atoms with van der Waals surface area (Å²) in [5, 5.41) is 3.47. The van der Waals surface area contributed by atoms with Crippen LogP contribution < -0.4 is 11.1 Å². The molecule has 3 rings (SSSR count). The van der Waals surface area contributed by atoms with Gasteiger partial charge in [-0.25, -0.2) is 9.78 Å². The summed E-state index contributed by atoms with van der Waals surface area (Å²) in [7, 11) is 0. The summed E-state index contributed by atoms with van der Waals surface area (Å²) in [6, 6.07) is 7.77. The molecular formula is C18H22ClN5O2. The highest BCUT2D eigenvalue weighted by Crippen LogP contribution is 2.26. The zero-order valence-electron chi connectivity index (χ0n) is 15.0. The lowest BCUT2D eigenvalue weighted by Crippen LogP contribution is -2.33. The van der Waals surface area contributed by atoms with Crippen LogP contribution >= 0.6 is 11.6 Å². The Labute approximate surface area is 157 Å². The number of carbonyl (C=O) groups excluding carboxylic acids is 1. The number of aromatic nitrogens is 2. The first-order valence-corrected chi connectivity index (χ1v) is 8.70. The Bertz CT molecular complexity index is 815. The average Bonchev–Trinajstić information content (AvgIpc) is 2.94. The Morgan fingerprint density at radius 1 is 1.27 bits per heavy atom. The predicted octanol–water partition coefficient (Wildman–Crippen LogP) is 3.58. The number of nitrogen functional groups attached to an aromatic ring is 1. The van der Waals surface area contributed by atoms with Crippen LogP contribution in [0.25, 0.3) is 0 Å². The first kappa shape index (κ1) is 18.3. The number of carbonyl (C=O) groups is 1. The highest BCUT2D eigenvalue weighted by molar-refractivity contribution is 6.29. The minimum atomic E-state index is -0.498. The van der Waals surface area contributed by atoms with E-state index in [1.54, 1.807) is 11.0 Å². The molecule has 0 unspecified atom stereocenters.